The molecule has 0 radical (unpaired) electrons. The van der Waals surface area contributed by atoms with Crippen molar-refractivity contribution in [2.75, 3.05) is 14.2 Å². The summed E-state index contributed by atoms with van der Waals surface area (Å²) in [5.41, 5.74) is 0.372. The van der Waals surface area contributed by atoms with Gasteiger partial charge in [-0.1, -0.05) is 6.07 Å². The van der Waals surface area contributed by atoms with Crippen molar-refractivity contribution in [3.63, 3.8) is 0 Å². The van der Waals surface area contributed by atoms with Crippen molar-refractivity contribution in [3.05, 3.63) is 47.5 Å². The predicted molar refractivity (Wildman–Crippen MR) is 119 cm³/mol. The largest absolute Gasteiger partial charge is 0.493 e. The van der Waals surface area contributed by atoms with Gasteiger partial charge in [0.05, 0.1) is 19.8 Å². The van der Waals surface area contributed by atoms with Gasteiger partial charge in [0.25, 0.3) is 0 Å². The number of hydrogen-bond acceptors (Lipinski definition) is 11. The van der Waals surface area contributed by atoms with Gasteiger partial charge in [-0.25, -0.2) is 9.59 Å². The Morgan fingerprint density at radius 3 is 1.74 bits per heavy atom. The molecule has 2 rings (SSSR count). The van der Waals surface area contributed by atoms with Crippen LogP contribution in [0.5, 0.6) is 28.7 Å². The highest BCUT2D eigenvalue weighted by molar-refractivity contribution is 5.94. The molecule has 0 fully saturated rings. The molecular formula is C24H22O11. The van der Waals surface area contributed by atoms with E-state index in [2.05, 4.69) is 4.74 Å². The van der Waals surface area contributed by atoms with Gasteiger partial charge < -0.3 is 28.4 Å². The van der Waals surface area contributed by atoms with Crippen molar-refractivity contribution >= 4 is 35.9 Å². The molecule has 0 saturated carbocycles. The Balaban J connectivity index is 2.46. The Bertz CT molecular complexity index is 1160. The van der Waals surface area contributed by atoms with Crippen LogP contribution in [0.15, 0.2) is 36.4 Å². The van der Waals surface area contributed by atoms with Gasteiger partial charge in [0, 0.05) is 26.8 Å². The maximum absolute atomic E-state index is 12.9. The summed E-state index contributed by atoms with van der Waals surface area (Å²) in [6.07, 6.45) is 2.68. The lowest BCUT2D eigenvalue weighted by atomic mass is 10.1. The van der Waals surface area contributed by atoms with Gasteiger partial charge in [-0.3, -0.25) is 14.4 Å². The van der Waals surface area contributed by atoms with Crippen LogP contribution in [0.25, 0.3) is 6.08 Å². The second-order valence-electron chi connectivity index (χ2n) is 6.74. The first-order chi connectivity index (χ1) is 16.5. The average Bonchev–Trinajstić information content (AvgIpc) is 2.78. The molecule has 0 amide bonds. The molecule has 2 aromatic rings. The molecule has 0 bridgehead atoms. The average molecular weight is 486 g/mol. The predicted octanol–water partition coefficient (Wildman–Crippen LogP) is 2.88. The van der Waals surface area contributed by atoms with Crippen molar-refractivity contribution in [1.82, 2.24) is 0 Å². The number of esters is 5. The van der Waals surface area contributed by atoms with Gasteiger partial charge in [0.1, 0.15) is 0 Å². The summed E-state index contributed by atoms with van der Waals surface area (Å²) < 4.78 is 30.3. The molecule has 0 saturated heterocycles. The highest BCUT2D eigenvalue weighted by Gasteiger charge is 2.24. The SMILES string of the molecule is COC(=O)/C=C/c1ccc(OC(=O)c2cc(OC(C)=O)c(OC(C)=O)c(OC(C)=O)c2)c(OC)c1. The fourth-order valence-electron chi connectivity index (χ4n) is 2.66. The standard InChI is InChI=1S/C24H22O11/c1-13(25)32-20-11-17(12-21(33-14(2)26)23(20)34-15(3)27)24(29)35-18-8-6-16(10-19(18)30-4)7-9-22(28)31-5/h6-12H,1-5H3/b9-7+. The van der Waals surface area contributed by atoms with E-state index in [0.717, 1.165) is 32.9 Å². The summed E-state index contributed by atoms with van der Waals surface area (Å²) in [5.74, 6) is -4.68. The van der Waals surface area contributed by atoms with Gasteiger partial charge in [-0.2, -0.15) is 0 Å². The molecule has 0 aromatic heterocycles. The van der Waals surface area contributed by atoms with E-state index < -0.39 is 29.8 Å². The molecule has 0 atom stereocenters. The zero-order chi connectivity index (χ0) is 26.1. The van der Waals surface area contributed by atoms with E-state index in [9.17, 15) is 24.0 Å². The highest BCUT2D eigenvalue weighted by Crippen LogP contribution is 2.40. The lowest BCUT2D eigenvalue weighted by Crippen LogP contribution is -2.14. The fourth-order valence-corrected chi connectivity index (χ4v) is 2.66. The molecule has 0 aliphatic carbocycles. The van der Waals surface area contributed by atoms with Crippen LogP contribution in [0.4, 0.5) is 0 Å². The summed E-state index contributed by atoms with van der Waals surface area (Å²) >= 11 is 0. The third-order valence-corrected chi connectivity index (χ3v) is 4.01. The summed E-state index contributed by atoms with van der Waals surface area (Å²) in [6, 6.07) is 6.69. The minimum Gasteiger partial charge on any atom is -0.493 e. The second kappa shape index (κ2) is 12.0. The van der Waals surface area contributed by atoms with E-state index in [0.29, 0.717) is 5.56 Å². The van der Waals surface area contributed by atoms with Crippen LogP contribution < -0.4 is 23.7 Å². The van der Waals surface area contributed by atoms with Gasteiger partial charge in [0.2, 0.25) is 5.75 Å². The monoisotopic (exact) mass is 486 g/mol. The Morgan fingerprint density at radius 2 is 1.26 bits per heavy atom. The van der Waals surface area contributed by atoms with Gasteiger partial charge in [0.15, 0.2) is 23.0 Å². The van der Waals surface area contributed by atoms with Crippen molar-refractivity contribution in [3.8, 4) is 28.7 Å². The number of benzene rings is 2. The number of methoxy groups -OCH3 is 2. The van der Waals surface area contributed by atoms with Crippen molar-refractivity contribution < 1.29 is 52.4 Å². The summed E-state index contributed by atoms with van der Waals surface area (Å²) in [5, 5.41) is 0. The number of rotatable bonds is 8. The van der Waals surface area contributed by atoms with E-state index in [1.165, 1.54) is 38.5 Å². The van der Waals surface area contributed by atoms with Gasteiger partial charge in [-0.15, -0.1) is 0 Å². The first-order valence-electron chi connectivity index (χ1n) is 9.93. The minimum atomic E-state index is -0.933. The first kappa shape index (κ1) is 26.6. The van der Waals surface area contributed by atoms with E-state index in [-0.39, 0.29) is 34.3 Å². The molecule has 2 aromatic carbocycles. The molecule has 0 heterocycles. The van der Waals surface area contributed by atoms with E-state index in [4.69, 9.17) is 23.7 Å². The molecule has 35 heavy (non-hydrogen) atoms. The normalized spacial score (nSPS) is 10.3. The van der Waals surface area contributed by atoms with Crippen LogP contribution in [0.1, 0.15) is 36.7 Å². The first-order valence-corrected chi connectivity index (χ1v) is 9.93. The number of hydrogen-bond donors (Lipinski definition) is 0. The van der Waals surface area contributed by atoms with Crippen LogP contribution in [-0.2, 0) is 23.9 Å². The second-order valence-corrected chi connectivity index (χ2v) is 6.74. The minimum absolute atomic E-state index is 0.0276. The quantitative estimate of drug-likeness (QED) is 0.309. The zero-order valence-electron chi connectivity index (χ0n) is 19.5. The molecular weight excluding hydrogens is 464 g/mol. The molecule has 11 nitrogen and oxygen atoms in total. The molecule has 11 heteroatoms. The van der Waals surface area contributed by atoms with Crippen molar-refractivity contribution in [2.24, 2.45) is 0 Å². The van der Waals surface area contributed by atoms with E-state index in [1.54, 1.807) is 6.07 Å². The maximum atomic E-state index is 12.9. The molecule has 0 aliphatic rings. The van der Waals surface area contributed by atoms with Gasteiger partial charge in [-0.05, 0) is 35.9 Å². The number of ether oxygens (including phenoxy) is 6. The lowest BCUT2D eigenvalue weighted by molar-refractivity contribution is -0.135. The van der Waals surface area contributed by atoms with Crippen molar-refractivity contribution in [1.29, 1.82) is 0 Å². The van der Waals surface area contributed by atoms with Crippen LogP contribution >= 0.6 is 0 Å². The smallest absolute Gasteiger partial charge is 0.343 e. The van der Waals surface area contributed by atoms with E-state index in [1.807, 2.05) is 0 Å². The Hall–Kier alpha value is -4.67. The summed E-state index contributed by atoms with van der Waals surface area (Å²) in [7, 11) is 2.60. The topological polar surface area (TPSA) is 141 Å². The van der Waals surface area contributed by atoms with E-state index >= 15 is 0 Å². The van der Waals surface area contributed by atoms with Gasteiger partial charge >= 0.3 is 29.8 Å². The van der Waals surface area contributed by atoms with Crippen LogP contribution in [0, 0.1) is 0 Å². The molecule has 184 valence electrons. The maximum Gasteiger partial charge on any atom is 0.343 e. The van der Waals surface area contributed by atoms with Crippen molar-refractivity contribution in [2.45, 2.75) is 20.8 Å². The Labute approximate surface area is 200 Å². The zero-order valence-corrected chi connectivity index (χ0v) is 19.5. The van der Waals surface area contributed by atoms with Crippen LogP contribution in [0.2, 0.25) is 0 Å². The Morgan fingerprint density at radius 1 is 0.686 bits per heavy atom. The molecule has 0 aliphatic heterocycles. The molecule has 0 spiro atoms. The fraction of sp³-hybridized carbons (Fsp3) is 0.208. The molecule has 0 unspecified atom stereocenters. The third-order valence-electron chi connectivity index (χ3n) is 4.01. The lowest BCUT2D eigenvalue weighted by Gasteiger charge is -2.15. The van der Waals surface area contributed by atoms with Crippen LogP contribution in [-0.4, -0.2) is 44.1 Å². The number of carbonyl (C=O) groups is 5. The Kier molecular flexibility index (Phi) is 9.10. The number of carbonyl (C=O) groups excluding carboxylic acids is 5. The third kappa shape index (κ3) is 7.70. The molecule has 0 N–H and O–H groups in total. The summed E-state index contributed by atoms with van der Waals surface area (Å²) in [4.78, 5) is 58.8. The van der Waals surface area contributed by atoms with Crippen LogP contribution in [0.3, 0.4) is 0 Å². The summed E-state index contributed by atoms with van der Waals surface area (Å²) in [6.45, 7) is 3.28. The highest BCUT2D eigenvalue weighted by atomic mass is 16.6.